The van der Waals surface area contributed by atoms with Gasteiger partial charge in [0.25, 0.3) is 0 Å². The van der Waals surface area contributed by atoms with Crippen molar-refractivity contribution in [3.8, 4) is 0 Å². The third-order valence-corrected chi connectivity index (χ3v) is 7.16. The SMILES string of the molecule is CC(C)=CCCC(C)=CCCC(C)=CCN[C@@H](CSCC=C(C)CCC=C(C)CCC=C(C)C)C(=O)O. The molecule has 210 valence electrons. The van der Waals surface area contributed by atoms with Gasteiger partial charge < -0.3 is 10.4 Å². The number of nitrogens with one attached hydrogen (secondary N) is 1. The van der Waals surface area contributed by atoms with Gasteiger partial charge in [0.2, 0.25) is 0 Å². The molecule has 0 fully saturated rings. The number of carbonyl (C=O) groups is 1. The van der Waals surface area contributed by atoms with Crippen molar-refractivity contribution in [3.63, 3.8) is 0 Å². The number of hydrogen-bond acceptors (Lipinski definition) is 3. The first-order chi connectivity index (χ1) is 17.5. The van der Waals surface area contributed by atoms with Crippen LogP contribution in [0.1, 0.15) is 107 Å². The Bertz CT molecular complexity index is 834. The van der Waals surface area contributed by atoms with E-state index in [1.165, 1.54) is 33.4 Å². The first kappa shape index (κ1) is 35.2. The number of thioether (sulfide) groups is 1. The summed E-state index contributed by atoms with van der Waals surface area (Å²) in [5.41, 5.74) is 8.34. The summed E-state index contributed by atoms with van der Waals surface area (Å²) >= 11 is 1.68. The van der Waals surface area contributed by atoms with Crippen LogP contribution in [0.3, 0.4) is 0 Å². The Morgan fingerprint density at radius 1 is 0.649 bits per heavy atom. The summed E-state index contributed by atoms with van der Waals surface area (Å²) in [7, 11) is 0. The summed E-state index contributed by atoms with van der Waals surface area (Å²) in [4.78, 5) is 11.7. The first-order valence-electron chi connectivity index (χ1n) is 13.9. The summed E-state index contributed by atoms with van der Waals surface area (Å²) in [5, 5.41) is 12.8. The highest BCUT2D eigenvalue weighted by molar-refractivity contribution is 7.99. The highest BCUT2D eigenvalue weighted by atomic mass is 32.2. The average molecular weight is 530 g/mol. The van der Waals surface area contributed by atoms with E-state index in [4.69, 9.17) is 0 Å². The summed E-state index contributed by atoms with van der Waals surface area (Å²) < 4.78 is 0. The van der Waals surface area contributed by atoms with Crippen molar-refractivity contribution in [1.29, 1.82) is 0 Å². The maximum atomic E-state index is 11.7. The zero-order valence-electron chi connectivity index (χ0n) is 25.1. The molecule has 0 spiro atoms. The lowest BCUT2D eigenvalue weighted by molar-refractivity contribution is -0.138. The third-order valence-electron chi connectivity index (χ3n) is 6.19. The van der Waals surface area contributed by atoms with Crippen molar-refractivity contribution < 1.29 is 9.90 Å². The standard InChI is InChI=1S/C33H55NO2S/c1-26(2)13-9-15-28(5)17-11-19-30(7)21-23-34-32(33(35)36)25-37-24-22-31(8)20-12-18-29(6)16-10-14-27(3)4/h13-14,17-18,21-22,32,34H,9-12,15-16,19-20,23-25H2,1-8H3,(H,35,36)/t32-/m0/s1. The molecule has 0 saturated carbocycles. The lowest BCUT2D eigenvalue weighted by atomic mass is 10.1. The van der Waals surface area contributed by atoms with Gasteiger partial charge in [-0.05, 0) is 107 Å². The van der Waals surface area contributed by atoms with Gasteiger partial charge in [-0.3, -0.25) is 4.79 Å². The van der Waals surface area contributed by atoms with E-state index in [-0.39, 0.29) is 0 Å². The number of hydrogen-bond donors (Lipinski definition) is 2. The van der Waals surface area contributed by atoms with Crippen molar-refractivity contribution in [2.75, 3.05) is 18.1 Å². The molecule has 0 aliphatic rings. The lowest BCUT2D eigenvalue weighted by Gasteiger charge is -2.13. The lowest BCUT2D eigenvalue weighted by Crippen LogP contribution is -2.39. The Morgan fingerprint density at radius 2 is 1.05 bits per heavy atom. The van der Waals surface area contributed by atoms with Crippen molar-refractivity contribution in [1.82, 2.24) is 5.32 Å². The molecule has 0 aromatic rings. The molecular weight excluding hydrogens is 474 g/mol. The number of aliphatic carboxylic acids is 1. The normalized spacial score (nSPS) is 13.9. The van der Waals surface area contributed by atoms with Gasteiger partial charge in [0.1, 0.15) is 6.04 Å². The van der Waals surface area contributed by atoms with Crippen LogP contribution in [0.25, 0.3) is 0 Å². The summed E-state index contributed by atoms with van der Waals surface area (Å²) in [6.45, 7) is 17.9. The van der Waals surface area contributed by atoms with E-state index >= 15 is 0 Å². The van der Waals surface area contributed by atoms with Crippen LogP contribution in [0.15, 0.2) is 69.9 Å². The number of carboxylic acids is 1. The number of carboxylic acid groups (broad SMARTS) is 1. The van der Waals surface area contributed by atoms with Crippen LogP contribution in [-0.4, -0.2) is 35.2 Å². The van der Waals surface area contributed by atoms with Gasteiger partial charge in [0.15, 0.2) is 0 Å². The van der Waals surface area contributed by atoms with Crippen molar-refractivity contribution in [2.45, 2.75) is 113 Å². The quantitative estimate of drug-likeness (QED) is 0.122. The van der Waals surface area contributed by atoms with Crippen LogP contribution in [-0.2, 0) is 4.79 Å². The number of rotatable bonds is 20. The molecular formula is C33H55NO2S. The Kier molecular flexibility index (Phi) is 21.2. The van der Waals surface area contributed by atoms with Crippen LogP contribution in [0, 0.1) is 0 Å². The van der Waals surface area contributed by atoms with Gasteiger partial charge in [0.05, 0.1) is 0 Å². The molecule has 0 aromatic carbocycles. The fourth-order valence-electron chi connectivity index (χ4n) is 3.66. The van der Waals surface area contributed by atoms with Gasteiger partial charge in [0, 0.05) is 18.1 Å². The van der Waals surface area contributed by atoms with Gasteiger partial charge >= 0.3 is 5.97 Å². The van der Waals surface area contributed by atoms with Crippen molar-refractivity contribution in [2.24, 2.45) is 0 Å². The third kappa shape index (κ3) is 23.1. The van der Waals surface area contributed by atoms with Crippen molar-refractivity contribution >= 4 is 17.7 Å². The van der Waals surface area contributed by atoms with E-state index in [1.807, 2.05) is 0 Å². The Balaban J connectivity index is 4.28. The second kappa shape index (κ2) is 22.2. The highest BCUT2D eigenvalue weighted by Crippen LogP contribution is 2.14. The van der Waals surface area contributed by atoms with E-state index in [9.17, 15) is 9.90 Å². The zero-order valence-corrected chi connectivity index (χ0v) is 25.9. The van der Waals surface area contributed by atoms with Crippen LogP contribution >= 0.6 is 11.8 Å². The molecule has 0 bridgehead atoms. The topological polar surface area (TPSA) is 49.3 Å². The maximum absolute atomic E-state index is 11.7. The molecule has 0 radical (unpaired) electrons. The molecule has 2 N–H and O–H groups in total. The zero-order chi connectivity index (χ0) is 28.1. The molecule has 0 rings (SSSR count). The minimum absolute atomic E-state index is 0.522. The van der Waals surface area contributed by atoms with E-state index in [0.29, 0.717) is 12.3 Å². The molecule has 0 aromatic heterocycles. The second-order valence-electron chi connectivity index (χ2n) is 10.8. The molecule has 37 heavy (non-hydrogen) atoms. The smallest absolute Gasteiger partial charge is 0.321 e. The van der Waals surface area contributed by atoms with E-state index < -0.39 is 12.0 Å². The molecule has 3 nitrogen and oxygen atoms in total. The largest absolute Gasteiger partial charge is 0.480 e. The van der Waals surface area contributed by atoms with E-state index in [2.05, 4.69) is 97.2 Å². The van der Waals surface area contributed by atoms with Crippen LogP contribution in [0.5, 0.6) is 0 Å². The van der Waals surface area contributed by atoms with Gasteiger partial charge in [-0.2, -0.15) is 11.8 Å². The molecule has 1 atom stereocenters. The average Bonchev–Trinajstić information content (AvgIpc) is 2.79. The van der Waals surface area contributed by atoms with Gasteiger partial charge in [-0.25, -0.2) is 0 Å². The predicted molar refractivity (Wildman–Crippen MR) is 168 cm³/mol. The molecule has 0 heterocycles. The fourth-order valence-corrected chi connectivity index (χ4v) is 4.69. The molecule has 0 saturated heterocycles. The Hall–Kier alpha value is -1.78. The monoisotopic (exact) mass is 529 g/mol. The molecule has 0 aliphatic carbocycles. The predicted octanol–water partition coefficient (Wildman–Crippen LogP) is 9.60. The Morgan fingerprint density at radius 3 is 1.49 bits per heavy atom. The minimum atomic E-state index is -0.775. The maximum Gasteiger partial charge on any atom is 0.321 e. The summed E-state index contributed by atoms with van der Waals surface area (Å²) in [5.74, 6) is 0.653. The molecule has 0 unspecified atom stereocenters. The fraction of sp³-hybridized carbons (Fsp3) is 0.606. The highest BCUT2D eigenvalue weighted by Gasteiger charge is 2.15. The van der Waals surface area contributed by atoms with Gasteiger partial charge in [-0.15, -0.1) is 0 Å². The summed E-state index contributed by atoms with van der Waals surface area (Å²) in [6.07, 6.45) is 22.3. The van der Waals surface area contributed by atoms with Gasteiger partial charge in [-0.1, -0.05) is 69.9 Å². The van der Waals surface area contributed by atoms with Crippen LogP contribution < -0.4 is 5.32 Å². The second-order valence-corrected chi connectivity index (χ2v) is 11.8. The minimum Gasteiger partial charge on any atom is -0.480 e. The van der Waals surface area contributed by atoms with E-state index in [1.54, 1.807) is 11.8 Å². The summed E-state index contributed by atoms with van der Waals surface area (Å²) in [6, 6.07) is -0.522. The molecule has 4 heteroatoms. The van der Waals surface area contributed by atoms with E-state index in [0.717, 1.165) is 57.1 Å². The van der Waals surface area contributed by atoms with Crippen LogP contribution in [0.4, 0.5) is 0 Å². The molecule has 0 amide bonds. The first-order valence-corrected chi connectivity index (χ1v) is 15.1. The van der Waals surface area contributed by atoms with Crippen LogP contribution in [0.2, 0.25) is 0 Å². The Labute approximate surface area is 233 Å². The number of allylic oxidation sites excluding steroid dienone is 10. The molecule has 0 aliphatic heterocycles. The van der Waals surface area contributed by atoms with Crippen molar-refractivity contribution in [3.05, 3.63) is 69.9 Å².